The third-order valence-corrected chi connectivity index (χ3v) is 3.27. The second kappa shape index (κ2) is 6.08. The summed E-state index contributed by atoms with van der Waals surface area (Å²) in [6.07, 6.45) is 2.94. The maximum Gasteiger partial charge on any atom is 0.141 e. The van der Waals surface area contributed by atoms with Gasteiger partial charge in [-0.15, -0.1) is 0 Å². The van der Waals surface area contributed by atoms with Gasteiger partial charge in [-0.25, -0.2) is 4.39 Å². The molecule has 1 aromatic heterocycles. The van der Waals surface area contributed by atoms with Crippen molar-refractivity contribution in [3.05, 3.63) is 29.8 Å². The van der Waals surface area contributed by atoms with Crippen LogP contribution in [0.3, 0.4) is 0 Å². The molecular formula is C11H17FN2S. The summed E-state index contributed by atoms with van der Waals surface area (Å²) in [5.74, 6) is 0.654. The van der Waals surface area contributed by atoms with Gasteiger partial charge in [-0.2, -0.15) is 11.8 Å². The first-order valence-electron chi connectivity index (χ1n) is 5.02. The third kappa shape index (κ3) is 4.18. The van der Waals surface area contributed by atoms with Gasteiger partial charge < -0.3 is 5.32 Å². The molecule has 1 heterocycles. The Morgan fingerprint density at radius 2 is 2.20 bits per heavy atom. The van der Waals surface area contributed by atoms with Gasteiger partial charge in [0, 0.05) is 18.0 Å². The van der Waals surface area contributed by atoms with Crippen LogP contribution in [-0.2, 0) is 0 Å². The number of hydrogen-bond donors (Lipinski definition) is 1. The molecule has 84 valence electrons. The van der Waals surface area contributed by atoms with Gasteiger partial charge in [-0.1, -0.05) is 13.8 Å². The number of nitrogens with one attached hydrogen (secondary N) is 1. The summed E-state index contributed by atoms with van der Waals surface area (Å²) in [4.78, 5) is 3.86. The van der Waals surface area contributed by atoms with Gasteiger partial charge in [-0.3, -0.25) is 4.98 Å². The zero-order chi connectivity index (χ0) is 11.3. The lowest BCUT2D eigenvalue weighted by atomic mass is 10.1. The molecule has 0 aliphatic rings. The van der Waals surface area contributed by atoms with Crippen molar-refractivity contribution in [2.75, 3.05) is 12.8 Å². The Morgan fingerprint density at radius 3 is 2.73 bits per heavy atom. The van der Waals surface area contributed by atoms with E-state index in [0.29, 0.717) is 5.25 Å². The summed E-state index contributed by atoms with van der Waals surface area (Å²) in [5, 5.41) is 3.76. The maximum absolute atomic E-state index is 13.0. The molecule has 0 amide bonds. The quantitative estimate of drug-likeness (QED) is 0.838. The molecule has 15 heavy (non-hydrogen) atoms. The van der Waals surface area contributed by atoms with E-state index in [0.717, 1.165) is 11.3 Å². The summed E-state index contributed by atoms with van der Waals surface area (Å²) < 4.78 is 13.0. The molecule has 0 aromatic carbocycles. The third-order valence-electron chi connectivity index (χ3n) is 2.07. The van der Waals surface area contributed by atoms with Crippen LogP contribution in [0.5, 0.6) is 0 Å². The molecule has 0 bridgehead atoms. The molecule has 0 aliphatic heterocycles. The fourth-order valence-corrected chi connectivity index (χ4v) is 2.19. The van der Waals surface area contributed by atoms with E-state index in [4.69, 9.17) is 0 Å². The Kier molecular flexibility index (Phi) is 5.05. The fraction of sp³-hybridized carbons (Fsp3) is 0.545. The number of aromatic nitrogens is 1. The standard InChI is InChI=1S/C11H17FN2S/c1-8(2)15-7-11(13-3)9-4-10(12)6-14-5-9/h4-6,8,11,13H,7H2,1-3H3. The highest BCUT2D eigenvalue weighted by atomic mass is 32.2. The van der Waals surface area contributed by atoms with Crippen molar-refractivity contribution in [3.63, 3.8) is 0 Å². The Hall–Kier alpha value is -0.610. The van der Waals surface area contributed by atoms with Gasteiger partial charge >= 0.3 is 0 Å². The molecule has 0 saturated heterocycles. The van der Waals surface area contributed by atoms with Crippen molar-refractivity contribution in [1.82, 2.24) is 10.3 Å². The lowest BCUT2D eigenvalue weighted by Gasteiger charge is -2.17. The zero-order valence-electron chi connectivity index (χ0n) is 9.33. The van der Waals surface area contributed by atoms with Gasteiger partial charge in [0.25, 0.3) is 0 Å². The second-order valence-corrected chi connectivity index (χ2v) is 5.27. The summed E-state index contributed by atoms with van der Waals surface area (Å²) in [6.45, 7) is 4.31. The number of rotatable bonds is 5. The fourth-order valence-electron chi connectivity index (χ4n) is 1.25. The Labute approximate surface area is 94.7 Å². The van der Waals surface area contributed by atoms with E-state index < -0.39 is 0 Å². The van der Waals surface area contributed by atoms with Gasteiger partial charge in [0.05, 0.1) is 6.20 Å². The molecular weight excluding hydrogens is 211 g/mol. The Balaban J connectivity index is 2.65. The van der Waals surface area contributed by atoms with Crippen LogP contribution in [0.15, 0.2) is 18.5 Å². The first-order valence-corrected chi connectivity index (χ1v) is 6.07. The van der Waals surface area contributed by atoms with Gasteiger partial charge in [0.2, 0.25) is 0 Å². The van der Waals surface area contributed by atoms with Crippen LogP contribution in [0.4, 0.5) is 4.39 Å². The van der Waals surface area contributed by atoms with Crippen LogP contribution < -0.4 is 5.32 Å². The van der Waals surface area contributed by atoms with E-state index in [-0.39, 0.29) is 11.9 Å². The van der Waals surface area contributed by atoms with Crippen LogP contribution in [-0.4, -0.2) is 23.0 Å². The largest absolute Gasteiger partial charge is 0.312 e. The van der Waals surface area contributed by atoms with Crippen molar-refractivity contribution in [3.8, 4) is 0 Å². The Morgan fingerprint density at radius 1 is 1.47 bits per heavy atom. The average Bonchev–Trinajstić information content (AvgIpc) is 2.18. The van der Waals surface area contributed by atoms with Crippen LogP contribution in [0.25, 0.3) is 0 Å². The maximum atomic E-state index is 13.0. The van der Waals surface area contributed by atoms with Crippen molar-refractivity contribution in [2.24, 2.45) is 0 Å². The molecule has 0 fully saturated rings. The van der Waals surface area contributed by atoms with E-state index >= 15 is 0 Å². The molecule has 1 aromatic rings. The smallest absolute Gasteiger partial charge is 0.141 e. The minimum Gasteiger partial charge on any atom is -0.312 e. The molecule has 0 radical (unpaired) electrons. The number of pyridine rings is 1. The van der Waals surface area contributed by atoms with Gasteiger partial charge in [-0.05, 0) is 23.9 Å². The van der Waals surface area contributed by atoms with E-state index in [1.54, 1.807) is 6.20 Å². The van der Waals surface area contributed by atoms with Crippen LogP contribution >= 0.6 is 11.8 Å². The molecule has 0 spiro atoms. The summed E-state index contributed by atoms with van der Waals surface area (Å²) in [7, 11) is 1.89. The SMILES string of the molecule is CNC(CSC(C)C)c1cncc(F)c1. The second-order valence-electron chi connectivity index (χ2n) is 3.66. The predicted molar refractivity (Wildman–Crippen MR) is 63.6 cm³/mol. The highest BCUT2D eigenvalue weighted by molar-refractivity contribution is 7.99. The monoisotopic (exact) mass is 228 g/mol. The van der Waals surface area contributed by atoms with Crippen molar-refractivity contribution >= 4 is 11.8 Å². The van der Waals surface area contributed by atoms with Gasteiger partial charge in [0.15, 0.2) is 0 Å². The lowest BCUT2D eigenvalue weighted by molar-refractivity contribution is 0.603. The van der Waals surface area contributed by atoms with Crippen molar-refractivity contribution in [2.45, 2.75) is 25.1 Å². The highest BCUT2D eigenvalue weighted by Crippen LogP contribution is 2.20. The molecule has 1 atom stereocenters. The average molecular weight is 228 g/mol. The van der Waals surface area contributed by atoms with E-state index in [1.807, 2.05) is 18.8 Å². The molecule has 2 nitrogen and oxygen atoms in total. The minimum atomic E-state index is -0.276. The summed E-state index contributed by atoms with van der Waals surface area (Å²) in [5.41, 5.74) is 0.908. The van der Waals surface area contributed by atoms with Crippen LogP contribution in [0.1, 0.15) is 25.5 Å². The molecule has 0 aliphatic carbocycles. The molecule has 1 N–H and O–H groups in total. The molecule has 1 unspecified atom stereocenters. The first-order chi connectivity index (χ1) is 7.13. The van der Waals surface area contributed by atoms with E-state index in [2.05, 4.69) is 24.1 Å². The number of hydrogen-bond acceptors (Lipinski definition) is 3. The zero-order valence-corrected chi connectivity index (χ0v) is 10.1. The topological polar surface area (TPSA) is 24.9 Å². The molecule has 4 heteroatoms. The van der Waals surface area contributed by atoms with Crippen LogP contribution in [0, 0.1) is 5.82 Å². The molecule has 0 saturated carbocycles. The highest BCUT2D eigenvalue weighted by Gasteiger charge is 2.11. The predicted octanol–water partition coefficient (Wildman–Crippen LogP) is 2.62. The van der Waals surface area contributed by atoms with Gasteiger partial charge in [0.1, 0.15) is 5.82 Å². The normalized spacial score (nSPS) is 13.1. The Bertz CT molecular complexity index is 304. The summed E-state index contributed by atoms with van der Waals surface area (Å²) >= 11 is 1.85. The van der Waals surface area contributed by atoms with Crippen molar-refractivity contribution < 1.29 is 4.39 Å². The number of thioether (sulfide) groups is 1. The minimum absolute atomic E-state index is 0.167. The number of halogens is 1. The van der Waals surface area contributed by atoms with E-state index in [9.17, 15) is 4.39 Å². The molecule has 1 rings (SSSR count). The first kappa shape index (κ1) is 12.5. The number of nitrogens with zero attached hydrogens (tertiary/aromatic N) is 1. The van der Waals surface area contributed by atoms with E-state index in [1.165, 1.54) is 12.3 Å². The lowest BCUT2D eigenvalue weighted by Crippen LogP contribution is -2.19. The van der Waals surface area contributed by atoms with Crippen molar-refractivity contribution in [1.29, 1.82) is 0 Å². The summed E-state index contributed by atoms with van der Waals surface area (Å²) in [6, 6.07) is 1.70. The van der Waals surface area contributed by atoms with Crippen LogP contribution in [0.2, 0.25) is 0 Å².